The van der Waals surface area contributed by atoms with Crippen molar-refractivity contribution in [3.8, 4) is 0 Å². The van der Waals surface area contributed by atoms with E-state index in [0.717, 1.165) is 36.8 Å². The lowest BCUT2D eigenvalue weighted by Gasteiger charge is -2.29. The number of hydrogen-bond acceptors (Lipinski definition) is 5. The lowest BCUT2D eigenvalue weighted by atomic mass is 9.84. The van der Waals surface area contributed by atoms with Crippen molar-refractivity contribution in [1.82, 2.24) is 0 Å². The predicted octanol–water partition coefficient (Wildman–Crippen LogP) is 4.16. The second kappa shape index (κ2) is 7.61. The minimum absolute atomic E-state index is 0.0288. The average molecular weight is 384 g/mol. The molecular formula is C23H28O5. The van der Waals surface area contributed by atoms with E-state index in [1.807, 2.05) is 19.1 Å². The van der Waals surface area contributed by atoms with Crippen LogP contribution in [-0.2, 0) is 23.8 Å². The Kier molecular flexibility index (Phi) is 5.17. The topological polar surface area (TPSA) is 61.8 Å². The fraction of sp³-hybridized carbons (Fsp3) is 0.565. The Hall–Kier alpha value is -2.30. The molecule has 5 heteroatoms. The van der Waals surface area contributed by atoms with Gasteiger partial charge in [-0.1, -0.05) is 38.0 Å². The normalized spacial score (nSPS) is 35.2. The molecule has 0 aromatic rings. The van der Waals surface area contributed by atoms with Crippen molar-refractivity contribution in [2.75, 3.05) is 0 Å². The average Bonchev–Trinajstić information content (AvgIpc) is 3.13. The Bertz CT molecular complexity index is 768. The summed E-state index contributed by atoms with van der Waals surface area (Å²) in [6.45, 7) is 10.1. The molecule has 1 unspecified atom stereocenters. The summed E-state index contributed by atoms with van der Waals surface area (Å²) in [5, 5.41) is 0. The summed E-state index contributed by atoms with van der Waals surface area (Å²) >= 11 is 0. The number of rotatable bonds is 2. The standard InChI is InChI=1S/C23H28O5/c1-13-9-18-11-17(23(25)27-18)12-20-21(14(2)15(3)26-20)19(10-13)28-22(24)16-7-5-4-6-8-16/h10-11,16,18-21H,2-9,12H2,1H3/b13-10+/t18-,19-,20?,21+/m1/s1. The molecule has 1 saturated heterocycles. The number of esters is 2. The molecule has 0 aromatic carbocycles. The number of carbonyl (C=O) groups excluding carboxylic acids is 2. The lowest BCUT2D eigenvalue weighted by Crippen LogP contribution is -2.35. The minimum atomic E-state index is -0.473. The third kappa shape index (κ3) is 3.67. The number of ether oxygens (including phenoxy) is 3. The zero-order chi connectivity index (χ0) is 19.8. The first-order valence-corrected chi connectivity index (χ1v) is 10.3. The van der Waals surface area contributed by atoms with Gasteiger partial charge in [-0.05, 0) is 37.5 Å². The molecule has 1 saturated carbocycles. The van der Waals surface area contributed by atoms with Gasteiger partial charge in [0, 0.05) is 18.4 Å². The van der Waals surface area contributed by atoms with Gasteiger partial charge in [-0.2, -0.15) is 0 Å². The van der Waals surface area contributed by atoms with Gasteiger partial charge in [-0.15, -0.1) is 0 Å². The predicted molar refractivity (Wildman–Crippen MR) is 104 cm³/mol. The van der Waals surface area contributed by atoms with E-state index in [4.69, 9.17) is 14.2 Å². The van der Waals surface area contributed by atoms with Crippen LogP contribution in [-0.4, -0.2) is 30.3 Å². The summed E-state index contributed by atoms with van der Waals surface area (Å²) in [5.41, 5.74) is 2.37. The molecule has 0 spiro atoms. The molecule has 4 atom stereocenters. The molecule has 5 nitrogen and oxygen atoms in total. The second-order valence-corrected chi connectivity index (χ2v) is 8.42. The van der Waals surface area contributed by atoms with Crippen LogP contribution in [0.25, 0.3) is 0 Å². The Morgan fingerprint density at radius 3 is 2.61 bits per heavy atom. The molecule has 0 radical (unpaired) electrons. The first kappa shape index (κ1) is 19.0. The van der Waals surface area contributed by atoms with Gasteiger partial charge in [0.1, 0.15) is 24.1 Å². The molecule has 2 aliphatic carbocycles. The van der Waals surface area contributed by atoms with E-state index in [9.17, 15) is 9.59 Å². The first-order valence-electron chi connectivity index (χ1n) is 10.3. The highest BCUT2D eigenvalue weighted by molar-refractivity contribution is 5.91. The van der Waals surface area contributed by atoms with Crippen LogP contribution in [0, 0.1) is 11.8 Å². The van der Waals surface area contributed by atoms with Gasteiger partial charge in [0.25, 0.3) is 0 Å². The van der Waals surface area contributed by atoms with Crippen molar-refractivity contribution >= 4 is 11.9 Å². The first-order chi connectivity index (χ1) is 13.4. The minimum Gasteiger partial charge on any atom is -0.490 e. The van der Waals surface area contributed by atoms with E-state index in [1.54, 1.807) is 0 Å². The Labute approximate surface area is 166 Å². The smallest absolute Gasteiger partial charge is 0.334 e. The van der Waals surface area contributed by atoms with E-state index in [1.165, 1.54) is 6.42 Å². The summed E-state index contributed by atoms with van der Waals surface area (Å²) in [6.07, 6.45) is 8.91. The quantitative estimate of drug-likeness (QED) is 0.529. The van der Waals surface area contributed by atoms with Crippen LogP contribution in [0.5, 0.6) is 0 Å². The molecule has 2 heterocycles. The molecule has 0 aromatic heterocycles. The van der Waals surface area contributed by atoms with Crippen LogP contribution in [0.15, 0.2) is 47.8 Å². The summed E-state index contributed by atoms with van der Waals surface area (Å²) in [5.74, 6) is -0.201. The zero-order valence-electron chi connectivity index (χ0n) is 16.4. The number of fused-ring (bicyclic) bond motifs is 2. The van der Waals surface area contributed by atoms with E-state index in [0.29, 0.717) is 24.2 Å². The molecule has 2 fully saturated rings. The van der Waals surface area contributed by atoms with Crippen molar-refractivity contribution in [1.29, 1.82) is 0 Å². The van der Waals surface area contributed by atoms with Crippen LogP contribution in [0.1, 0.15) is 51.9 Å². The molecule has 4 aliphatic rings. The SMILES string of the molecule is C=C1OC2CC3=C[C@@H](C/C(C)=C/[C@@H](OC(=O)C4CCCCC4)[C@@H]2C1=C)OC3=O. The van der Waals surface area contributed by atoms with E-state index < -0.39 is 6.10 Å². The highest BCUT2D eigenvalue weighted by atomic mass is 16.6. The maximum absolute atomic E-state index is 12.9. The fourth-order valence-electron chi connectivity index (χ4n) is 4.77. The number of hydrogen-bond donors (Lipinski definition) is 0. The molecule has 4 rings (SSSR count). The third-order valence-corrected chi connectivity index (χ3v) is 6.30. The van der Waals surface area contributed by atoms with Crippen LogP contribution >= 0.6 is 0 Å². The molecule has 28 heavy (non-hydrogen) atoms. The highest BCUT2D eigenvalue weighted by Gasteiger charge is 2.44. The van der Waals surface area contributed by atoms with E-state index in [-0.39, 0.29) is 36.0 Å². The zero-order valence-corrected chi connectivity index (χ0v) is 16.4. The molecule has 0 N–H and O–H groups in total. The Morgan fingerprint density at radius 1 is 1.11 bits per heavy atom. The van der Waals surface area contributed by atoms with Crippen LogP contribution in [0.4, 0.5) is 0 Å². The van der Waals surface area contributed by atoms with Gasteiger partial charge in [-0.3, -0.25) is 4.79 Å². The van der Waals surface area contributed by atoms with Gasteiger partial charge in [0.15, 0.2) is 0 Å². The van der Waals surface area contributed by atoms with Gasteiger partial charge >= 0.3 is 11.9 Å². The number of allylic oxidation sites excluding steroid dienone is 1. The molecule has 150 valence electrons. The third-order valence-electron chi connectivity index (χ3n) is 6.30. The van der Waals surface area contributed by atoms with Crippen molar-refractivity contribution in [2.24, 2.45) is 11.8 Å². The molecule has 2 aliphatic heterocycles. The molecule has 0 amide bonds. The molecule has 2 bridgehead atoms. The fourth-order valence-corrected chi connectivity index (χ4v) is 4.77. The Balaban J connectivity index is 1.63. The maximum Gasteiger partial charge on any atom is 0.334 e. The van der Waals surface area contributed by atoms with E-state index in [2.05, 4.69) is 13.2 Å². The largest absolute Gasteiger partial charge is 0.490 e. The van der Waals surface area contributed by atoms with Crippen LogP contribution < -0.4 is 0 Å². The highest BCUT2D eigenvalue weighted by Crippen LogP contribution is 2.42. The summed E-state index contributed by atoms with van der Waals surface area (Å²) in [7, 11) is 0. The van der Waals surface area contributed by atoms with Crippen LogP contribution in [0.2, 0.25) is 0 Å². The van der Waals surface area contributed by atoms with Crippen molar-refractivity contribution in [3.63, 3.8) is 0 Å². The molecular weight excluding hydrogens is 356 g/mol. The van der Waals surface area contributed by atoms with Gasteiger partial charge in [0.2, 0.25) is 0 Å². The van der Waals surface area contributed by atoms with Crippen molar-refractivity contribution in [3.05, 3.63) is 47.8 Å². The van der Waals surface area contributed by atoms with Crippen LogP contribution in [0.3, 0.4) is 0 Å². The maximum atomic E-state index is 12.9. The lowest BCUT2D eigenvalue weighted by molar-refractivity contribution is -0.155. The second-order valence-electron chi connectivity index (χ2n) is 8.42. The van der Waals surface area contributed by atoms with Crippen molar-refractivity contribution < 1.29 is 23.8 Å². The van der Waals surface area contributed by atoms with E-state index >= 15 is 0 Å². The number of carbonyl (C=O) groups is 2. The van der Waals surface area contributed by atoms with Crippen molar-refractivity contribution in [2.45, 2.75) is 70.2 Å². The summed E-state index contributed by atoms with van der Waals surface area (Å²) < 4.78 is 17.4. The van der Waals surface area contributed by atoms with Gasteiger partial charge in [0.05, 0.1) is 11.8 Å². The van der Waals surface area contributed by atoms with Gasteiger partial charge in [-0.25, -0.2) is 4.79 Å². The Morgan fingerprint density at radius 2 is 1.86 bits per heavy atom. The monoisotopic (exact) mass is 384 g/mol. The van der Waals surface area contributed by atoms with Gasteiger partial charge < -0.3 is 14.2 Å². The summed E-state index contributed by atoms with van der Waals surface area (Å²) in [4.78, 5) is 25.1. The summed E-state index contributed by atoms with van der Waals surface area (Å²) in [6, 6.07) is 0.